The van der Waals surface area contributed by atoms with Gasteiger partial charge in [-0.1, -0.05) is 29.8 Å². The van der Waals surface area contributed by atoms with Crippen molar-refractivity contribution in [1.29, 1.82) is 0 Å². The zero-order valence-corrected chi connectivity index (χ0v) is 12.1. The lowest BCUT2D eigenvalue weighted by molar-refractivity contribution is 0.584. The zero-order valence-electron chi connectivity index (χ0n) is 10.5. The van der Waals surface area contributed by atoms with Crippen LogP contribution >= 0.6 is 23.4 Å². The van der Waals surface area contributed by atoms with Crippen LogP contribution in [0.1, 0.15) is 11.5 Å². The number of thioether (sulfide) groups is 1. The fourth-order valence-corrected chi connectivity index (χ4v) is 3.85. The Balaban J connectivity index is 1.76. The molecule has 0 radical (unpaired) electrons. The van der Waals surface area contributed by atoms with E-state index in [0.717, 1.165) is 17.9 Å². The number of halogens is 3. The number of benzene rings is 2. The molecule has 1 heterocycles. The van der Waals surface area contributed by atoms with Gasteiger partial charge in [-0.2, -0.15) is 0 Å². The van der Waals surface area contributed by atoms with Crippen LogP contribution in [0.3, 0.4) is 0 Å². The lowest BCUT2D eigenvalue weighted by atomic mass is 10.0. The minimum absolute atomic E-state index is 0.0708. The van der Waals surface area contributed by atoms with Crippen molar-refractivity contribution in [1.82, 2.24) is 0 Å². The summed E-state index contributed by atoms with van der Waals surface area (Å²) in [5, 5.41) is 3.08. The van der Waals surface area contributed by atoms with E-state index in [-0.39, 0.29) is 10.7 Å². The third-order valence-corrected chi connectivity index (χ3v) is 4.88. The molecule has 1 unspecified atom stereocenters. The number of hydrogen-bond donors (Lipinski definition) is 1. The molecule has 1 N–H and O–H groups in total. The van der Waals surface area contributed by atoms with Crippen molar-refractivity contribution >= 4 is 29.1 Å². The van der Waals surface area contributed by atoms with Gasteiger partial charge in [0, 0.05) is 29.2 Å². The standard InChI is InChI=1S/C15H12ClF2NS/c16-12-5-10(17)6-13(18)15(12)19-7-9-8-20-14-4-2-1-3-11(9)14/h1-6,9,19H,7-8H2. The van der Waals surface area contributed by atoms with Crippen molar-refractivity contribution < 1.29 is 8.78 Å². The molecule has 0 saturated carbocycles. The maximum Gasteiger partial charge on any atom is 0.150 e. The molecule has 0 spiro atoms. The monoisotopic (exact) mass is 311 g/mol. The third kappa shape index (κ3) is 2.63. The quantitative estimate of drug-likeness (QED) is 0.863. The summed E-state index contributed by atoms with van der Waals surface area (Å²) in [5.74, 6) is -0.0715. The Kier molecular flexibility index (Phi) is 3.85. The first kappa shape index (κ1) is 13.7. The minimum Gasteiger partial charge on any atom is -0.381 e. The lowest BCUT2D eigenvalue weighted by Gasteiger charge is -2.14. The highest BCUT2D eigenvalue weighted by molar-refractivity contribution is 7.99. The van der Waals surface area contributed by atoms with Gasteiger partial charge in [0.25, 0.3) is 0 Å². The fourth-order valence-electron chi connectivity index (χ4n) is 2.33. The molecule has 20 heavy (non-hydrogen) atoms. The van der Waals surface area contributed by atoms with Crippen LogP contribution in [0.15, 0.2) is 41.3 Å². The Morgan fingerprint density at radius 3 is 2.85 bits per heavy atom. The van der Waals surface area contributed by atoms with Gasteiger partial charge >= 0.3 is 0 Å². The van der Waals surface area contributed by atoms with Crippen LogP contribution in [0, 0.1) is 11.6 Å². The normalized spacial score (nSPS) is 17.1. The van der Waals surface area contributed by atoms with E-state index in [1.165, 1.54) is 10.5 Å². The molecule has 104 valence electrons. The van der Waals surface area contributed by atoms with Crippen LogP contribution in [0.5, 0.6) is 0 Å². The van der Waals surface area contributed by atoms with E-state index in [1.807, 2.05) is 12.1 Å². The first-order valence-corrected chi connectivity index (χ1v) is 7.61. The molecule has 0 saturated heterocycles. The van der Waals surface area contributed by atoms with Gasteiger partial charge in [-0.05, 0) is 17.7 Å². The Morgan fingerprint density at radius 1 is 1.25 bits per heavy atom. The highest BCUT2D eigenvalue weighted by atomic mass is 35.5. The van der Waals surface area contributed by atoms with Crippen LogP contribution in [0.25, 0.3) is 0 Å². The predicted octanol–water partition coefficient (Wildman–Crippen LogP) is 4.92. The molecule has 0 aromatic heterocycles. The molecule has 0 aliphatic carbocycles. The second-order valence-electron chi connectivity index (χ2n) is 4.67. The topological polar surface area (TPSA) is 12.0 Å². The highest BCUT2D eigenvalue weighted by Crippen LogP contribution is 2.39. The van der Waals surface area contributed by atoms with Crippen LogP contribution in [0.2, 0.25) is 5.02 Å². The molecule has 2 aromatic carbocycles. The number of rotatable bonds is 3. The Morgan fingerprint density at radius 2 is 2.05 bits per heavy atom. The van der Waals surface area contributed by atoms with Crippen LogP contribution in [-0.4, -0.2) is 12.3 Å². The molecule has 1 atom stereocenters. The number of fused-ring (bicyclic) bond motifs is 1. The van der Waals surface area contributed by atoms with Gasteiger partial charge in [-0.3, -0.25) is 0 Å². The summed E-state index contributed by atoms with van der Waals surface area (Å²) in [7, 11) is 0. The smallest absolute Gasteiger partial charge is 0.150 e. The van der Waals surface area contributed by atoms with Gasteiger partial charge in [-0.15, -0.1) is 11.8 Å². The summed E-state index contributed by atoms with van der Waals surface area (Å²) in [6.07, 6.45) is 0. The average Bonchev–Trinajstić information content (AvgIpc) is 2.81. The molecule has 0 bridgehead atoms. The van der Waals surface area contributed by atoms with Gasteiger partial charge in [0.15, 0.2) is 5.82 Å². The van der Waals surface area contributed by atoms with E-state index >= 15 is 0 Å². The Bertz CT molecular complexity index is 625. The van der Waals surface area contributed by atoms with Gasteiger partial charge in [0.1, 0.15) is 5.82 Å². The van der Waals surface area contributed by atoms with Gasteiger partial charge < -0.3 is 5.32 Å². The van der Waals surface area contributed by atoms with E-state index in [9.17, 15) is 8.78 Å². The van der Waals surface area contributed by atoms with E-state index in [4.69, 9.17) is 11.6 Å². The molecule has 0 fully saturated rings. The van der Waals surface area contributed by atoms with Crippen LogP contribution < -0.4 is 5.32 Å². The Hall–Kier alpha value is -1.26. The van der Waals surface area contributed by atoms with Crippen LogP contribution in [-0.2, 0) is 0 Å². The summed E-state index contributed by atoms with van der Waals surface area (Å²) in [6.45, 7) is 0.576. The van der Waals surface area contributed by atoms with Crippen molar-refractivity contribution in [2.24, 2.45) is 0 Å². The number of hydrogen-bond acceptors (Lipinski definition) is 2. The summed E-state index contributed by atoms with van der Waals surface area (Å²) >= 11 is 7.67. The maximum atomic E-state index is 13.7. The minimum atomic E-state index is -0.667. The lowest BCUT2D eigenvalue weighted by Crippen LogP contribution is -2.13. The molecule has 2 aromatic rings. The van der Waals surface area contributed by atoms with Crippen LogP contribution in [0.4, 0.5) is 14.5 Å². The average molecular weight is 312 g/mol. The molecule has 1 aliphatic rings. The third-order valence-electron chi connectivity index (χ3n) is 3.33. The van der Waals surface area contributed by atoms with E-state index < -0.39 is 11.6 Å². The van der Waals surface area contributed by atoms with Gasteiger partial charge in [0.05, 0.1) is 10.7 Å². The number of nitrogens with one attached hydrogen (secondary N) is 1. The van der Waals surface area contributed by atoms with Crippen molar-refractivity contribution in [3.05, 3.63) is 58.6 Å². The molecule has 0 amide bonds. The van der Waals surface area contributed by atoms with E-state index in [0.29, 0.717) is 12.5 Å². The molecule has 3 rings (SSSR count). The van der Waals surface area contributed by atoms with E-state index in [1.54, 1.807) is 11.8 Å². The SMILES string of the molecule is Fc1cc(F)c(NCC2CSc3ccccc32)c(Cl)c1. The largest absolute Gasteiger partial charge is 0.381 e. The van der Waals surface area contributed by atoms with Gasteiger partial charge in [-0.25, -0.2) is 8.78 Å². The first-order valence-electron chi connectivity index (χ1n) is 6.25. The summed E-state index contributed by atoms with van der Waals surface area (Å²) in [5.41, 5.74) is 1.44. The summed E-state index contributed by atoms with van der Waals surface area (Å²) in [6, 6.07) is 10.1. The highest BCUT2D eigenvalue weighted by Gasteiger charge is 2.23. The number of anilines is 1. The van der Waals surface area contributed by atoms with Gasteiger partial charge in [0.2, 0.25) is 0 Å². The zero-order chi connectivity index (χ0) is 14.1. The predicted molar refractivity (Wildman–Crippen MR) is 79.8 cm³/mol. The summed E-state index contributed by atoms with van der Waals surface area (Å²) < 4.78 is 26.7. The fraction of sp³-hybridized carbons (Fsp3) is 0.200. The molecule has 5 heteroatoms. The molecule has 1 aliphatic heterocycles. The molecular formula is C15H12ClF2NS. The van der Waals surface area contributed by atoms with Crippen molar-refractivity contribution in [2.45, 2.75) is 10.8 Å². The first-order chi connectivity index (χ1) is 9.65. The van der Waals surface area contributed by atoms with Crippen molar-refractivity contribution in [2.75, 3.05) is 17.6 Å². The molecule has 1 nitrogen and oxygen atoms in total. The Labute approximate surface area is 125 Å². The maximum absolute atomic E-state index is 13.7. The van der Waals surface area contributed by atoms with E-state index in [2.05, 4.69) is 17.4 Å². The van der Waals surface area contributed by atoms with Crippen molar-refractivity contribution in [3.63, 3.8) is 0 Å². The summed E-state index contributed by atoms with van der Waals surface area (Å²) in [4.78, 5) is 1.27. The molecular weight excluding hydrogens is 300 g/mol. The van der Waals surface area contributed by atoms with Crippen molar-refractivity contribution in [3.8, 4) is 0 Å². The second-order valence-corrected chi connectivity index (χ2v) is 6.14. The second kappa shape index (κ2) is 5.62.